The van der Waals surface area contributed by atoms with Gasteiger partial charge in [-0.3, -0.25) is 0 Å². The SMILES string of the molecule is Cc1ccc(C(C)NCC(C)(C)CN(C)C)s1. The van der Waals surface area contributed by atoms with Crippen LogP contribution in [0.4, 0.5) is 0 Å². The normalized spacial score (nSPS) is 14.3. The quantitative estimate of drug-likeness (QED) is 0.838. The van der Waals surface area contributed by atoms with Crippen LogP contribution in [0.1, 0.15) is 36.6 Å². The van der Waals surface area contributed by atoms with Crippen molar-refractivity contribution in [1.82, 2.24) is 10.2 Å². The van der Waals surface area contributed by atoms with Crippen LogP contribution < -0.4 is 5.32 Å². The summed E-state index contributed by atoms with van der Waals surface area (Å²) < 4.78 is 0. The molecule has 1 heterocycles. The van der Waals surface area contributed by atoms with Gasteiger partial charge in [-0.1, -0.05) is 13.8 Å². The molecule has 2 nitrogen and oxygen atoms in total. The summed E-state index contributed by atoms with van der Waals surface area (Å²) in [5.41, 5.74) is 0.310. The summed E-state index contributed by atoms with van der Waals surface area (Å²) in [5.74, 6) is 0. The molecule has 1 atom stereocenters. The molecule has 98 valence electrons. The minimum Gasteiger partial charge on any atom is -0.309 e. The summed E-state index contributed by atoms with van der Waals surface area (Å²) >= 11 is 1.89. The third-order valence-corrected chi connectivity index (χ3v) is 4.00. The van der Waals surface area contributed by atoms with E-state index in [1.54, 1.807) is 0 Å². The van der Waals surface area contributed by atoms with Gasteiger partial charge >= 0.3 is 0 Å². The van der Waals surface area contributed by atoms with E-state index >= 15 is 0 Å². The molecule has 1 unspecified atom stereocenters. The molecule has 3 heteroatoms. The van der Waals surface area contributed by atoms with E-state index in [0.29, 0.717) is 11.5 Å². The van der Waals surface area contributed by atoms with E-state index in [0.717, 1.165) is 13.1 Å². The number of hydrogen-bond donors (Lipinski definition) is 1. The van der Waals surface area contributed by atoms with Crippen LogP contribution in [0.2, 0.25) is 0 Å². The minimum absolute atomic E-state index is 0.310. The highest BCUT2D eigenvalue weighted by molar-refractivity contribution is 7.12. The van der Waals surface area contributed by atoms with Gasteiger partial charge in [0, 0.05) is 28.9 Å². The summed E-state index contributed by atoms with van der Waals surface area (Å²) in [6.45, 7) is 11.2. The first-order valence-corrected chi connectivity index (χ1v) is 7.06. The molecule has 0 aliphatic heterocycles. The lowest BCUT2D eigenvalue weighted by Gasteiger charge is -2.30. The number of thiophene rings is 1. The van der Waals surface area contributed by atoms with Gasteiger partial charge in [-0.25, -0.2) is 0 Å². The summed E-state index contributed by atoms with van der Waals surface area (Å²) in [7, 11) is 4.27. The fourth-order valence-electron chi connectivity index (χ4n) is 2.13. The molecule has 0 aliphatic rings. The van der Waals surface area contributed by atoms with Crippen LogP contribution in [0, 0.1) is 12.3 Å². The Kier molecular flexibility index (Phi) is 5.17. The highest BCUT2D eigenvalue weighted by atomic mass is 32.1. The van der Waals surface area contributed by atoms with Gasteiger partial charge in [0.1, 0.15) is 0 Å². The maximum absolute atomic E-state index is 3.64. The number of nitrogens with zero attached hydrogens (tertiary/aromatic N) is 1. The zero-order valence-corrected chi connectivity index (χ0v) is 12.8. The molecule has 0 amide bonds. The molecule has 0 fully saturated rings. The summed E-state index contributed by atoms with van der Waals surface area (Å²) in [4.78, 5) is 5.08. The van der Waals surface area contributed by atoms with Gasteiger partial charge in [0.25, 0.3) is 0 Å². The van der Waals surface area contributed by atoms with Gasteiger partial charge in [-0.05, 0) is 45.5 Å². The fraction of sp³-hybridized carbons (Fsp3) is 0.714. The molecule has 0 spiro atoms. The fourth-order valence-corrected chi connectivity index (χ4v) is 3.03. The minimum atomic E-state index is 0.310. The Balaban J connectivity index is 2.45. The highest BCUT2D eigenvalue weighted by Gasteiger charge is 2.20. The second kappa shape index (κ2) is 5.98. The second-order valence-electron chi connectivity index (χ2n) is 5.95. The van der Waals surface area contributed by atoms with E-state index in [4.69, 9.17) is 0 Å². The van der Waals surface area contributed by atoms with Crippen molar-refractivity contribution in [3.05, 3.63) is 21.9 Å². The highest BCUT2D eigenvalue weighted by Crippen LogP contribution is 2.23. The van der Waals surface area contributed by atoms with Crippen molar-refractivity contribution in [2.24, 2.45) is 5.41 Å². The van der Waals surface area contributed by atoms with Gasteiger partial charge in [0.15, 0.2) is 0 Å². The van der Waals surface area contributed by atoms with Crippen molar-refractivity contribution in [3.8, 4) is 0 Å². The molecule has 0 saturated carbocycles. The molecular weight excluding hydrogens is 228 g/mol. The monoisotopic (exact) mass is 254 g/mol. The molecule has 0 bridgehead atoms. The zero-order valence-electron chi connectivity index (χ0n) is 12.0. The van der Waals surface area contributed by atoms with Crippen LogP contribution >= 0.6 is 11.3 Å². The maximum atomic E-state index is 3.64. The van der Waals surface area contributed by atoms with Crippen molar-refractivity contribution >= 4 is 11.3 Å². The molecule has 1 N–H and O–H groups in total. The third-order valence-electron chi connectivity index (χ3n) is 2.82. The van der Waals surface area contributed by atoms with Crippen LogP contribution in [-0.4, -0.2) is 32.1 Å². The molecule has 1 rings (SSSR count). The van der Waals surface area contributed by atoms with Crippen molar-refractivity contribution in [2.45, 2.75) is 33.7 Å². The van der Waals surface area contributed by atoms with Crippen LogP contribution in [-0.2, 0) is 0 Å². The number of rotatable bonds is 6. The van der Waals surface area contributed by atoms with E-state index in [-0.39, 0.29) is 0 Å². The molecule has 0 aliphatic carbocycles. The van der Waals surface area contributed by atoms with Crippen LogP contribution in [0.15, 0.2) is 12.1 Å². The van der Waals surface area contributed by atoms with E-state index in [1.807, 2.05) is 11.3 Å². The summed E-state index contributed by atoms with van der Waals surface area (Å²) in [6.07, 6.45) is 0. The predicted octanol–water partition coefficient (Wildman–Crippen LogP) is 3.29. The standard InChI is InChI=1S/C14H26N2S/c1-11-7-8-13(17-11)12(2)15-9-14(3,4)10-16(5)6/h7-8,12,15H,9-10H2,1-6H3. The zero-order chi connectivity index (χ0) is 13.1. The van der Waals surface area contributed by atoms with Gasteiger partial charge in [0.2, 0.25) is 0 Å². The topological polar surface area (TPSA) is 15.3 Å². The first-order chi connectivity index (χ1) is 7.80. The van der Waals surface area contributed by atoms with Crippen LogP contribution in [0.5, 0.6) is 0 Å². The largest absolute Gasteiger partial charge is 0.309 e. The Morgan fingerprint density at radius 3 is 2.47 bits per heavy atom. The Morgan fingerprint density at radius 1 is 1.35 bits per heavy atom. The maximum Gasteiger partial charge on any atom is 0.0386 e. The molecule has 17 heavy (non-hydrogen) atoms. The Labute approximate surface area is 110 Å². The van der Waals surface area contributed by atoms with Gasteiger partial charge in [-0.15, -0.1) is 11.3 Å². The molecule has 0 aromatic carbocycles. The molecule has 1 aromatic rings. The molecule has 0 saturated heterocycles. The van der Waals surface area contributed by atoms with Crippen molar-refractivity contribution in [3.63, 3.8) is 0 Å². The number of hydrogen-bond acceptors (Lipinski definition) is 3. The van der Waals surface area contributed by atoms with E-state index in [1.165, 1.54) is 9.75 Å². The van der Waals surface area contributed by atoms with Crippen molar-refractivity contribution in [1.29, 1.82) is 0 Å². The van der Waals surface area contributed by atoms with Gasteiger partial charge in [0.05, 0.1) is 0 Å². The summed E-state index contributed by atoms with van der Waals surface area (Å²) in [5, 5.41) is 3.64. The number of aryl methyl sites for hydroxylation is 1. The van der Waals surface area contributed by atoms with Crippen molar-refractivity contribution < 1.29 is 0 Å². The first kappa shape index (κ1) is 14.7. The van der Waals surface area contributed by atoms with Gasteiger partial charge in [-0.2, -0.15) is 0 Å². The smallest absolute Gasteiger partial charge is 0.0386 e. The second-order valence-corrected chi connectivity index (χ2v) is 7.27. The van der Waals surface area contributed by atoms with Crippen molar-refractivity contribution in [2.75, 3.05) is 27.2 Å². The first-order valence-electron chi connectivity index (χ1n) is 6.24. The molecule has 1 aromatic heterocycles. The van der Waals surface area contributed by atoms with E-state index in [2.05, 4.69) is 64.1 Å². The average Bonchev–Trinajstić information content (AvgIpc) is 2.59. The Morgan fingerprint density at radius 2 is 2.00 bits per heavy atom. The van der Waals surface area contributed by atoms with E-state index < -0.39 is 0 Å². The average molecular weight is 254 g/mol. The Bertz CT molecular complexity index is 342. The van der Waals surface area contributed by atoms with E-state index in [9.17, 15) is 0 Å². The molecule has 0 radical (unpaired) electrons. The van der Waals surface area contributed by atoms with Crippen LogP contribution in [0.25, 0.3) is 0 Å². The lowest BCUT2D eigenvalue weighted by molar-refractivity contribution is 0.227. The van der Waals surface area contributed by atoms with Crippen LogP contribution in [0.3, 0.4) is 0 Å². The predicted molar refractivity (Wildman–Crippen MR) is 77.8 cm³/mol. The molecular formula is C14H26N2S. The Hall–Kier alpha value is -0.380. The lowest BCUT2D eigenvalue weighted by atomic mass is 9.92. The summed E-state index contributed by atoms with van der Waals surface area (Å²) in [6, 6.07) is 4.88. The third kappa shape index (κ3) is 5.19. The number of nitrogens with one attached hydrogen (secondary N) is 1. The van der Waals surface area contributed by atoms with Gasteiger partial charge < -0.3 is 10.2 Å². The lowest BCUT2D eigenvalue weighted by Crippen LogP contribution is -2.38.